The van der Waals surface area contributed by atoms with Gasteiger partial charge in [0, 0.05) is 47.7 Å². The lowest BCUT2D eigenvalue weighted by molar-refractivity contribution is 0.0951. The SMILES string of the molecule is O=C(NCc1cccnc1-n1cccn1)c1ccc(S(=O)(=O)NCCc2cccs2)cc1. The molecule has 3 aromatic heterocycles. The Morgan fingerprint density at radius 3 is 2.59 bits per heavy atom. The van der Waals surface area contributed by atoms with Crippen molar-refractivity contribution in [1.82, 2.24) is 24.8 Å². The maximum absolute atomic E-state index is 12.6. The number of hydrogen-bond donors (Lipinski definition) is 2. The summed E-state index contributed by atoms with van der Waals surface area (Å²) in [5, 5.41) is 8.98. The summed E-state index contributed by atoms with van der Waals surface area (Å²) in [5.74, 6) is 0.322. The number of aromatic nitrogens is 3. The molecule has 4 aromatic rings. The van der Waals surface area contributed by atoms with E-state index in [0.717, 1.165) is 10.4 Å². The van der Waals surface area contributed by atoms with E-state index in [1.807, 2.05) is 23.6 Å². The zero-order valence-electron chi connectivity index (χ0n) is 17.0. The molecule has 1 aromatic carbocycles. The number of benzene rings is 1. The zero-order valence-corrected chi connectivity index (χ0v) is 18.6. The third-order valence-electron chi connectivity index (χ3n) is 4.70. The molecule has 2 N–H and O–H groups in total. The molecule has 0 aliphatic carbocycles. The van der Waals surface area contributed by atoms with Gasteiger partial charge in [-0.05, 0) is 54.3 Å². The van der Waals surface area contributed by atoms with Gasteiger partial charge in [0.15, 0.2) is 5.82 Å². The van der Waals surface area contributed by atoms with Crippen molar-refractivity contribution in [2.75, 3.05) is 6.54 Å². The molecule has 8 nitrogen and oxygen atoms in total. The van der Waals surface area contributed by atoms with Gasteiger partial charge in [-0.1, -0.05) is 12.1 Å². The van der Waals surface area contributed by atoms with Crippen molar-refractivity contribution in [3.63, 3.8) is 0 Å². The van der Waals surface area contributed by atoms with Gasteiger partial charge in [0.1, 0.15) is 0 Å². The highest BCUT2D eigenvalue weighted by Gasteiger charge is 2.15. The predicted octanol–water partition coefficient (Wildman–Crippen LogP) is 2.78. The fourth-order valence-electron chi connectivity index (χ4n) is 3.08. The maximum atomic E-state index is 12.6. The Bertz CT molecular complexity index is 1270. The van der Waals surface area contributed by atoms with Crippen LogP contribution in [0.3, 0.4) is 0 Å². The zero-order chi connectivity index (χ0) is 22.4. The second kappa shape index (κ2) is 9.86. The molecule has 0 bridgehead atoms. The van der Waals surface area contributed by atoms with Gasteiger partial charge in [-0.3, -0.25) is 4.79 Å². The number of carbonyl (C=O) groups excluding carboxylic acids is 1. The topological polar surface area (TPSA) is 106 Å². The monoisotopic (exact) mass is 467 g/mol. The maximum Gasteiger partial charge on any atom is 0.251 e. The lowest BCUT2D eigenvalue weighted by Crippen LogP contribution is -2.26. The molecule has 4 rings (SSSR count). The number of carbonyl (C=O) groups is 1. The average molecular weight is 468 g/mol. The molecule has 0 saturated carbocycles. The van der Waals surface area contributed by atoms with Crippen molar-refractivity contribution >= 4 is 27.3 Å². The molecule has 0 atom stereocenters. The summed E-state index contributed by atoms with van der Waals surface area (Å²) in [6.45, 7) is 0.570. The van der Waals surface area contributed by atoms with Gasteiger partial charge in [0.2, 0.25) is 10.0 Å². The molecule has 0 spiro atoms. The number of pyridine rings is 1. The third kappa shape index (κ3) is 5.28. The molecule has 1 amide bonds. The van der Waals surface area contributed by atoms with Gasteiger partial charge < -0.3 is 5.32 Å². The number of thiophene rings is 1. The fourth-order valence-corrected chi connectivity index (χ4v) is 4.82. The summed E-state index contributed by atoms with van der Waals surface area (Å²) < 4.78 is 29.2. The van der Waals surface area contributed by atoms with Gasteiger partial charge >= 0.3 is 0 Å². The van der Waals surface area contributed by atoms with Gasteiger partial charge in [0.25, 0.3) is 5.91 Å². The number of nitrogens with one attached hydrogen (secondary N) is 2. The van der Waals surface area contributed by atoms with Crippen LogP contribution in [0.5, 0.6) is 0 Å². The molecule has 164 valence electrons. The van der Waals surface area contributed by atoms with Crippen molar-refractivity contribution < 1.29 is 13.2 Å². The molecule has 32 heavy (non-hydrogen) atoms. The number of sulfonamides is 1. The summed E-state index contributed by atoms with van der Waals surface area (Å²) in [6.07, 6.45) is 5.73. The molecule has 3 heterocycles. The summed E-state index contributed by atoms with van der Waals surface area (Å²) in [4.78, 5) is 18.1. The molecule has 10 heteroatoms. The van der Waals surface area contributed by atoms with Crippen LogP contribution in [0.15, 0.2) is 83.5 Å². The minimum Gasteiger partial charge on any atom is -0.348 e. The Morgan fingerprint density at radius 1 is 1.03 bits per heavy atom. The largest absolute Gasteiger partial charge is 0.348 e. The molecular weight excluding hydrogens is 446 g/mol. The number of amides is 1. The van der Waals surface area contributed by atoms with Gasteiger partial charge in [0.05, 0.1) is 4.90 Å². The smallest absolute Gasteiger partial charge is 0.251 e. The van der Waals surface area contributed by atoms with Crippen LogP contribution in [-0.2, 0) is 23.0 Å². The minimum absolute atomic E-state index is 0.119. The van der Waals surface area contributed by atoms with Crippen molar-refractivity contribution in [2.24, 2.45) is 0 Å². The van der Waals surface area contributed by atoms with Crippen LogP contribution in [0.4, 0.5) is 0 Å². The van der Waals surface area contributed by atoms with Crippen molar-refractivity contribution in [3.05, 3.63) is 94.6 Å². The highest BCUT2D eigenvalue weighted by molar-refractivity contribution is 7.89. The first-order chi connectivity index (χ1) is 15.5. The van der Waals surface area contributed by atoms with E-state index < -0.39 is 10.0 Å². The molecule has 0 radical (unpaired) electrons. The number of nitrogens with zero attached hydrogens (tertiary/aromatic N) is 3. The molecule has 0 unspecified atom stereocenters. The van der Waals surface area contributed by atoms with Gasteiger partial charge in [-0.15, -0.1) is 11.3 Å². The Morgan fingerprint density at radius 2 is 1.88 bits per heavy atom. The first kappa shape index (κ1) is 21.9. The van der Waals surface area contributed by atoms with E-state index in [0.29, 0.717) is 24.3 Å². The Balaban J connectivity index is 1.36. The van der Waals surface area contributed by atoms with Crippen LogP contribution in [0, 0.1) is 0 Å². The standard InChI is InChI=1S/C22H21N5O3S2/c28-22(24-16-18-4-1-11-23-21(18)27-14-3-12-25-27)17-6-8-20(9-7-17)32(29,30)26-13-10-19-5-2-15-31-19/h1-9,11-12,14-15,26H,10,13,16H2,(H,24,28). The van der Waals surface area contributed by atoms with E-state index in [9.17, 15) is 13.2 Å². The van der Waals surface area contributed by atoms with E-state index >= 15 is 0 Å². The molecule has 0 aliphatic rings. The predicted molar refractivity (Wildman–Crippen MR) is 122 cm³/mol. The second-order valence-corrected chi connectivity index (χ2v) is 9.67. The van der Waals surface area contributed by atoms with E-state index in [-0.39, 0.29) is 17.3 Å². The summed E-state index contributed by atoms with van der Waals surface area (Å²) in [7, 11) is -3.64. The summed E-state index contributed by atoms with van der Waals surface area (Å²) in [6, 6.07) is 15.2. The van der Waals surface area contributed by atoms with Gasteiger partial charge in [-0.2, -0.15) is 5.10 Å². The van der Waals surface area contributed by atoms with Crippen molar-refractivity contribution in [2.45, 2.75) is 17.9 Å². The lowest BCUT2D eigenvalue weighted by atomic mass is 10.2. The number of hydrogen-bond acceptors (Lipinski definition) is 6. The normalized spacial score (nSPS) is 11.4. The molecular formula is C22H21N5O3S2. The Hall–Kier alpha value is -3.34. The molecule has 0 saturated heterocycles. The minimum atomic E-state index is -3.64. The van der Waals surface area contributed by atoms with E-state index in [1.54, 1.807) is 46.7 Å². The molecule has 0 aliphatic heterocycles. The second-order valence-electron chi connectivity index (χ2n) is 6.87. The van der Waals surface area contributed by atoms with E-state index in [4.69, 9.17) is 0 Å². The van der Waals surface area contributed by atoms with Crippen molar-refractivity contribution in [3.8, 4) is 5.82 Å². The van der Waals surface area contributed by atoms with Crippen LogP contribution in [-0.4, -0.2) is 35.6 Å². The number of rotatable bonds is 9. The Labute approximate surface area is 190 Å². The first-order valence-corrected chi connectivity index (χ1v) is 12.2. The highest BCUT2D eigenvalue weighted by atomic mass is 32.2. The van der Waals surface area contributed by atoms with Crippen LogP contribution < -0.4 is 10.0 Å². The highest BCUT2D eigenvalue weighted by Crippen LogP contribution is 2.13. The quantitative estimate of drug-likeness (QED) is 0.394. The van der Waals surface area contributed by atoms with E-state index in [2.05, 4.69) is 20.1 Å². The average Bonchev–Trinajstić information content (AvgIpc) is 3.52. The summed E-state index contributed by atoms with van der Waals surface area (Å²) >= 11 is 1.59. The Kier molecular flexibility index (Phi) is 6.74. The summed E-state index contributed by atoms with van der Waals surface area (Å²) in [5.41, 5.74) is 1.17. The first-order valence-electron chi connectivity index (χ1n) is 9.87. The van der Waals surface area contributed by atoms with E-state index in [1.165, 1.54) is 24.3 Å². The lowest BCUT2D eigenvalue weighted by Gasteiger charge is -2.10. The third-order valence-corrected chi connectivity index (χ3v) is 7.11. The van der Waals surface area contributed by atoms with Crippen LogP contribution in [0.25, 0.3) is 5.82 Å². The fraction of sp³-hybridized carbons (Fsp3) is 0.136. The van der Waals surface area contributed by atoms with Crippen LogP contribution in [0.1, 0.15) is 20.8 Å². The van der Waals surface area contributed by atoms with Crippen LogP contribution in [0.2, 0.25) is 0 Å². The molecule has 0 fully saturated rings. The van der Waals surface area contributed by atoms with Gasteiger partial charge in [-0.25, -0.2) is 22.8 Å². The van der Waals surface area contributed by atoms with Crippen LogP contribution >= 0.6 is 11.3 Å². The van der Waals surface area contributed by atoms with Crippen molar-refractivity contribution in [1.29, 1.82) is 0 Å².